The highest BCUT2D eigenvalue weighted by Crippen LogP contribution is 2.40. The second kappa shape index (κ2) is 13.5. The van der Waals surface area contributed by atoms with E-state index in [1.165, 1.54) is 0 Å². The van der Waals surface area contributed by atoms with Gasteiger partial charge in [0.25, 0.3) is 20.2 Å². The van der Waals surface area contributed by atoms with Crippen LogP contribution in [0.25, 0.3) is 0 Å². The number of hydrogen-bond acceptors (Lipinski definition) is 6. The molecule has 8 heteroatoms. The number of benzene rings is 2. The zero-order chi connectivity index (χ0) is 29.6. The first-order valence-corrected chi connectivity index (χ1v) is 17.4. The second-order valence-electron chi connectivity index (χ2n) is 13.4. The van der Waals surface area contributed by atoms with E-state index in [-0.39, 0.29) is 22.0 Å². The molecule has 0 spiro atoms. The van der Waals surface area contributed by atoms with E-state index >= 15 is 0 Å². The van der Waals surface area contributed by atoms with Crippen LogP contribution in [0.2, 0.25) is 0 Å². The minimum absolute atomic E-state index is 0.168. The fourth-order valence-corrected chi connectivity index (χ4v) is 8.00. The molecule has 0 saturated heterocycles. The molecule has 40 heavy (non-hydrogen) atoms. The molecular weight excluding hydrogens is 544 g/mol. The highest BCUT2D eigenvalue weighted by Gasteiger charge is 2.33. The predicted octanol–water partition coefficient (Wildman–Crippen LogP) is 7.99. The molecule has 6 nitrogen and oxygen atoms in total. The molecule has 0 radical (unpaired) electrons. The summed E-state index contributed by atoms with van der Waals surface area (Å²) in [6.45, 7) is 13.5. The lowest BCUT2D eigenvalue weighted by Crippen LogP contribution is -2.30. The van der Waals surface area contributed by atoms with Gasteiger partial charge in [-0.3, -0.25) is 8.37 Å². The van der Waals surface area contributed by atoms with E-state index in [1.807, 2.05) is 0 Å². The van der Waals surface area contributed by atoms with E-state index in [2.05, 4.69) is 41.5 Å². The van der Waals surface area contributed by atoms with Gasteiger partial charge in [0.05, 0.1) is 22.0 Å². The fourth-order valence-electron chi connectivity index (χ4n) is 5.69. The lowest BCUT2D eigenvalue weighted by atomic mass is 9.72. The Labute approximate surface area is 243 Å². The fraction of sp³-hybridized carbons (Fsp3) is 0.625. The van der Waals surface area contributed by atoms with Crippen molar-refractivity contribution in [2.24, 2.45) is 22.7 Å². The molecule has 0 unspecified atom stereocenters. The van der Waals surface area contributed by atoms with Gasteiger partial charge < -0.3 is 0 Å². The first-order chi connectivity index (χ1) is 18.6. The van der Waals surface area contributed by atoms with Gasteiger partial charge in [-0.15, -0.1) is 0 Å². The van der Waals surface area contributed by atoms with E-state index in [0.29, 0.717) is 22.7 Å². The summed E-state index contributed by atoms with van der Waals surface area (Å²) in [7, 11) is -7.23. The maximum atomic E-state index is 12.2. The lowest BCUT2D eigenvalue weighted by molar-refractivity contribution is 0.0920. The minimum atomic E-state index is -3.61. The zero-order valence-corrected chi connectivity index (χ0v) is 26.6. The maximum Gasteiger partial charge on any atom is 0.297 e. The Morgan fingerprint density at radius 3 is 1.02 bits per heavy atom. The highest BCUT2D eigenvalue weighted by molar-refractivity contribution is 7.87. The van der Waals surface area contributed by atoms with E-state index in [9.17, 15) is 16.8 Å². The molecule has 0 atom stereocenters. The second-order valence-corrected chi connectivity index (χ2v) is 16.6. The summed E-state index contributed by atoms with van der Waals surface area (Å²) in [4.78, 5) is 0.496. The summed E-state index contributed by atoms with van der Waals surface area (Å²) in [5.74, 6) is 1.31. The predicted molar refractivity (Wildman–Crippen MR) is 160 cm³/mol. The summed E-state index contributed by atoms with van der Waals surface area (Å²) >= 11 is 0. The molecule has 0 bridgehead atoms. The third-order valence-corrected chi connectivity index (χ3v) is 11.1. The van der Waals surface area contributed by atoms with Crippen LogP contribution in [0, 0.1) is 22.7 Å². The van der Waals surface area contributed by atoms with Crippen LogP contribution >= 0.6 is 0 Å². The smallest absolute Gasteiger partial charge is 0.263 e. The first kappa shape index (κ1) is 32.8. The van der Waals surface area contributed by atoms with Crippen LogP contribution < -0.4 is 0 Å². The quantitative estimate of drug-likeness (QED) is 0.316. The third kappa shape index (κ3) is 9.68. The minimum Gasteiger partial charge on any atom is -0.263 e. The monoisotopic (exact) mass is 592 g/mol. The van der Waals surface area contributed by atoms with Gasteiger partial charge in [0.2, 0.25) is 0 Å². The number of rotatable bonds is 6. The van der Waals surface area contributed by atoms with Gasteiger partial charge in [-0.25, -0.2) is 0 Å². The molecule has 2 saturated carbocycles. The molecule has 0 aromatic heterocycles. The Kier molecular flexibility index (Phi) is 11.1. The summed E-state index contributed by atoms with van der Waals surface area (Å²) in [6.07, 6.45) is 7.13. The van der Waals surface area contributed by atoms with Gasteiger partial charge in [0.15, 0.2) is 0 Å². The van der Waals surface area contributed by atoms with Crippen molar-refractivity contribution in [1.82, 2.24) is 0 Å². The molecule has 2 fully saturated rings. The van der Waals surface area contributed by atoms with E-state index in [1.54, 1.807) is 60.7 Å². The van der Waals surface area contributed by atoms with Gasteiger partial charge in [-0.1, -0.05) is 77.9 Å². The van der Waals surface area contributed by atoms with Crippen LogP contribution in [0.4, 0.5) is 0 Å². The Morgan fingerprint density at radius 1 is 0.500 bits per heavy atom. The molecule has 2 aliphatic rings. The van der Waals surface area contributed by atoms with Crippen LogP contribution in [0.3, 0.4) is 0 Å². The Hall–Kier alpha value is -1.74. The maximum absolute atomic E-state index is 12.2. The van der Waals surface area contributed by atoms with Crippen molar-refractivity contribution >= 4 is 20.2 Å². The van der Waals surface area contributed by atoms with Crippen molar-refractivity contribution in [3.05, 3.63) is 60.7 Å². The highest BCUT2D eigenvalue weighted by atomic mass is 32.2. The average Bonchev–Trinajstić information content (AvgIpc) is 2.89. The van der Waals surface area contributed by atoms with E-state index in [0.717, 1.165) is 51.4 Å². The molecule has 4 rings (SSSR count). The van der Waals surface area contributed by atoms with Gasteiger partial charge in [-0.2, -0.15) is 16.8 Å². The van der Waals surface area contributed by atoms with Crippen molar-refractivity contribution in [3.8, 4) is 0 Å². The SMILES string of the molecule is CC(C)(C)C1CCC(OS(=O)(=O)c2ccccc2)CC1.CC(C)(C)C1CCC(OS(=O)(=O)c2ccccc2)CC1. The van der Waals surface area contributed by atoms with Gasteiger partial charge in [0.1, 0.15) is 0 Å². The normalized spacial score (nSPS) is 24.6. The molecule has 224 valence electrons. The summed E-state index contributed by atoms with van der Waals surface area (Å²) in [5.41, 5.74) is 0.590. The van der Waals surface area contributed by atoms with Crippen molar-refractivity contribution < 1.29 is 25.2 Å². The average molecular weight is 593 g/mol. The Morgan fingerprint density at radius 2 is 0.775 bits per heavy atom. The van der Waals surface area contributed by atoms with Crippen molar-refractivity contribution in [3.63, 3.8) is 0 Å². The first-order valence-electron chi connectivity index (χ1n) is 14.5. The van der Waals surface area contributed by atoms with Crippen LogP contribution in [-0.2, 0) is 28.6 Å². The molecule has 0 aliphatic heterocycles. The van der Waals surface area contributed by atoms with Gasteiger partial charge in [-0.05, 0) is 98.3 Å². The number of hydrogen-bond donors (Lipinski definition) is 0. The molecule has 2 aromatic rings. The summed E-state index contributed by atoms with van der Waals surface area (Å²) < 4.78 is 59.4. The van der Waals surface area contributed by atoms with Crippen LogP contribution in [0.5, 0.6) is 0 Å². The van der Waals surface area contributed by atoms with Crippen LogP contribution in [-0.4, -0.2) is 29.0 Å². The van der Waals surface area contributed by atoms with Gasteiger partial charge >= 0.3 is 0 Å². The van der Waals surface area contributed by atoms with Crippen molar-refractivity contribution in [2.45, 2.75) is 115 Å². The van der Waals surface area contributed by atoms with E-state index < -0.39 is 20.2 Å². The third-order valence-electron chi connectivity index (χ3n) is 8.39. The molecule has 0 heterocycles. The summed E-state index contributed by atoms with van der Waals surface area (Å²) in [5, 5.41) is 0. The largest absolute Gasteiger partial charge is 0.297 e. The van der Waals surface area contributed by atoms with Crippen molar-refractivity contribution in [1.29, 1.82) is 0 Å². The zero-order valence-electron chi connectivity index (χ0n) is 25.0. The van der Waals surface area contributed by atoms with Gasteiger partial charge in [0, 0.05) is 0 Å². The summed E-state index contributed by atoms with van der Waals surface area (Å²) in [6, 6.07) is 16.8. The van der Waals surface area contributed by atoms with Crippen LogP contribution in [0.1, 0.15) is 92.9 Å². The van der Waals surface area contributed by atoms with Crippen LogP contribution in [0.15, 0.2) is 70.5 Å². The molecule has 0 N–H and O–H groups in total. The molecule has 2 aliphatic carbocycles. The van der Waals surface area contributed by atoms with Crippen molar-refractivity contribution in [2.75, 3.05) is 0 Å². The molecule has 2 aromatic carbocycles. The Bertz CT molecular complexity index is 1140. The molecule has 0 amide bonds. The lowest BCUT2D eigenvalue weighted by Gasteiger charge is -2.36. The van der Waals surface area contributed by atoms with E-state index in [4.69, 9.17) is 8.37 Å². The topological polar surface area (TPSA) is 86.7 Å². The standard InChI is InChI=1S/2C16H24O3S/c2*1-16(2,3)13-9-11-14(12-10-13)19-20(17,18)15-7-5-4-6-8-15/h2*4-8,13-14H,9-12H2,1-3H3. The Balaban J connectivity index is 0.000000220. The molecular formula is C32H48O6S2.